The number of carbonyl (C=O) groups is 1. The Kier molecular flexibility index (Phi) is 7.84. The zero-order chi connectivity index (χ0) is 21.5. The minimum atomic E-state index is -2.48. The van der Waals surface area contributed by atoms with Gasteiger partial charge in [-0.3, -0.25) is 4.79 Å². The number of ether oxygens (including phenoxy) is 1. The van der Waals surface area contributed by atoms with Crippen LogP contribution in [0.1, 0.15) is 60.8 Å². The number of hydrogen-bond acceptors (Lipinski definition) is 3. The van der Waals surface area contributed by atoms with Crippen molar-refractivity contribution in [3.05, 3.63) is 60.7 Å². The van der Waals surface area contributed by atoms with E-state index in [0.29, 0.717) is 13.0 Å². The highest BCUT2D eigenvalue weighted by atomic mass is 28.4. The van der Waals surface area contributed by atoms with Crippen molar-refractivity contribution in [3.8, 4) is 0 Å². The summed E-state index contributed by atoms with van der Waals surface area (Å²) in [5.74, 6) is -0.136. The maximum absolute atomic E-state index is 12.0. The Balaban J connectivity index is 2.16. The Morgan fingerprint density at radius 3 is 1.69 bits per heavy atom. The summed E-state index contributed by atoms with van der Waals surface area (Å²) in [6.07, 6.45) is 2.04. The Hall–Kier alpha value is -1.91. The molecule has 4 heteroatoms. The molecule has 0 fully saturated rings. The molecule has 2 rings (SSSR count). The van der Waals surface area contributed by atoms with Gasteiger partial charge in [-0.15, -0.1) is 0 Å². The third-order valence-electron chi connectivity index (χ3n) is 4.93. The molecule has 3 nitrogen and oxygen atoms in total. The van der Waals surface area contributed by atoms with Crippen LogP contribution in [0.3, 0.4) is 0 Å². The lowest BCUT2D eigenvalue weighted by atomic mass is 10.2. The molecule has 0 heterocycles. The molecular formula is C25H36O3Si. The van der Waals surface area contributed by atoms with E-state index < -0.39 is 13.9 Å². The fraction of sp³-hybridized carbons (Fsp3) is 0.480. The second kappa shape index (κ2) is 9.73. The highest BCUT2D eigenvalue weighted by molar-refractivity contribution is 6.99. The summed E-state index contributed by atoms with van der Waals surface area (Å²) in [5, 5.41) is 2.54. The molecule has 0 aliphatic heterocycles. The topological polar surface area (TPSA) is 35.5 Å². The summed E-state index contributed by atoms with van der Waals surface area (Å²) in [7, 11) is -2.48. The van der Waals surface area contributed by atoms with Gasteiger partial charge in [0.25, 0.3) is 8.32 Å². The van der Waals surface area contributed by atoms with Crippen molar-refractivity contribution in [3.63, 3.8) is 0 Å². The van der Waals surface area contributed by atoms with Gasteiger partial charge in [-0.1, -0.05) is 81.4 Å². The molecule has 0 amide bonds. The molecule has 2 aromatic carbocycles. The van der Waals surface area contributed by atoms with E-state index in [1.54, 1.807) is 0 Å². The van der Waals surface area contributed by atoms with Crippen LogP contribution < -0.4 is 10.4 Å². The predicted octanol–water partition coefficient (Wildman–Crippen LogP) is 5.08. The number of rotatable bonds is 8. The number of benzene rings is 2. The average molecular weight is 413 g/mol. The van der Waals surface area contributed by atoms with Gasteiger partial charge in [0, 0.05) is 13.0 Å². The SMILES string of the molecule is CC(C)(C)OC(=O)CCCCO[Si](c1ccccc1)(c1ccccc1)C(C)(C)C. The normalized spacial score (nSPS) is 12.6. The van der Waals surface area contributed by atoms with Crippen molar-refractivity contribution < 1.29 is 14.0 Å². The van der Waals surface area contributed by atoms with Crippen LogP contribution in [0.4, 0.5) is 0 Å². The molecule has 0 radical (unpaired) electrons. The number of unbranched alkanes of at least 4 members (excludes halogenated alkanes) is 1. The molecule has 0 aromatic heterocycles. The molecule has 0 saturated carbocycles. The Morgan fingerprint density at radius 1 is 0.793 bits per heavy atom. The van der Waals surface area contributed by atoms with Crippen molar-refractivity contribution >= 4 is 24.7 Å². The van der Waals surface area contributed by atoms with Crippen LogP contribution in [0.25, 0.3) is 0 Å². The Bertz CT molecular complexity index is 719. The van der Waals surface area contributed by atoms with Crippen LogP contribution in [0.15, 0.2) is 60.7 Å². The second-order valence-electron chi connectivity index (χ2n) is 9.56. The summed E-state index contributed by atoms with van der Waals surface area (Å²) < 4.78 is 12.2. The lowest BCUT2D eigenvalue weighted by Crippen LogP contribution is -2.66. The van der Waals surface area contributed by atoms with E-state index in [0.717, 1.165) is 12.8 Å². The molecule has 0 spiro atoms. The van der Waals surface area contributed by atoms with Crippen molar-refractivity contribution in [2.45, 2.75) is 71.4 Å². The highest BCUT2D eigenvalue weighted by Crippen LogP contribution is 2.36. The molecule has 0 aliphatic rings. The van der Waals surface area contributed by atoms with Gasteiger partial charge in [-0.05, 0) is 49.0 Å². The smallest absolute Gasteiger partial charge is 0.306 e. The molecule has 0 atom stereocenters. The van der Waals surface area contributed by atoms with Crippen LogP contribution >= 0.6 is 0 Å². The predicted molar refractivity (Wildman–Crippen MR) is 123 cm³/mol. The minimum Gasteiger partial charge on any atom is -0.460 e. The quantitative estimate of drug-likeness (QED) is 0.345. The molecule has 2 aromatic rings. The maximum Gasteiger partial charge on any atom is 0.306 e. The maximum atomic E-state index is 12.0. The van der Waals surface area contributed by atoms with E-state index in [4.69, 9.17) is 9.16 Å². The Morgan fingerprint density at radius 2 is 1.28 bits per heavy atom. The van der Waals surface area contributed by atoms with Crippen LogP contribution in [-0.4, -0.2) is 26.5 Å². The first kappa shape index (κ1) is 23.4. The van der Waals surface area contributed by atoms with E-state index in [-0.39, 0.29) is 11.0 Å². The second-order valence-corrected chi connectivity index (χ2v) is 13.9. The van der Waals surface area contributed by atoms with Crippen molar-refractivity contribution in [2.24, 2.45) is 0 Å². The van der Waals surface area contributed by atoms with Gasteiger partial charge in [0.1, 0.15) is 5.60 Å². The lowest BCUT2D eigenvalue weighted by Gasteiger charge is -2.43. The van der Waals surface area contributed by atoms with Crippen LogP contribution in [0.2, 0.25) is 5.04 Å². The minimum absolute atomic E-state index is 0.0269. The highest BCUT2D eigenvalue weighted by Gasteiger charge is 2.49. The molecule has 0 N–H and O–H groups in total. The largest absolute Gasteiger partial charge is 0.460 e. The molecular weight excluding hydrogens is 376 g/mol. The summed E-state index contributed by atoms with van der Waals surface area (Å²) in [6, 6.07) is 21.3. The lowest BCUT2D eigenvalue weighted by molar-refractivity contribution is -0.154. The summed E-state index contributed by atoms with van der Waals surface area (Å²) >= 11 is 0. The van der Waals surface area contributed by atoms with Gasteiger partial charge >= 0.3 is 5.97 Å². The summed E-state index contributed by atoms with van der Waals surface area (Å²) in [5.41, 5.74) is -0.428. The van der Waals surface area contributed by atoms with Gasteiger partial charge in [0.15, 0.2) is 0 Å². The third kappa shape index (κ3) is 6.28. The molecule has 0 unspecified atom stereocenters. The van der Waals surface area contributed by atoms with E-state index in [1.807, 2.05) is 20.8 Å². The first-order chi connectivity index (χ1) is 13.6. The molecule has 158 valence electrons. The molecule has 29 heavy (non-hydrogen) atoms. The number of carbonyl (C=O) groups excluding carboxylic acids is 1. The number of esters is 1. The van der Waals surface area contributed by atoms with Gasteiger partial charge in [-0.2, -0.15) is 0 Å². The average Bonchev–Trinajstić information content (AvgIpc) is 2.63. The van der Waals surface area contributed by atoms with Crippen molar-refractivity contribution in [1.82, 2.24) is 0 Å². The zero-order valence-corrected chi connectivity index (χ0v) is 19.8. The van der Waals surface area contributed by atoms with Crippen LogP contribution in [-0.2, 0) is 14.0 Å². The molecule has 0 bridgehead atoms. The van der Waals surface area contributed by atoms with Crippen LogP contribution in [0, 0.1) is 0 Å². The third-order valence-corrected chi connectivity index (χ3v) is 9.97. The fourth-order valence-electron chi connectivity index (χ4n) is 3.75. The monoisotopic (exact) mass is 412 g/mol. The van der Waals surface area contributed by atoms with Crippen molar-refractivity contribution in [2.75, 3.05) is 6.61 Å². The summed E-state index contributed by atoms with van der Waals surface area (Å²) in [4.78, 5) is 12.0. The Labute approximate surface area is 177 Å². The van der Waals surface area contributed by atoms with E-state index in [9.17, 15) is 4.79 Å². The number of hydrogen-bond donors (Lipinski definition) is 0. The van der Waals surface area contributed by atoms with Gasteiger partial charge in [0.2, 0.25) is 0 Å². The van der Waals surface area contributed by atoms with Gasteiger partial charge in [-0.25, -0.2) is 0 Å². The molecule has 0 aliphatic carbocycles. The first-order valence-corrected chi connectivity index (χ1v) is 12.4. The summed E-state index contributed by atoms with van der Waals surface area (Å²) in [6.45, 7) is 13.2. The zero-order valence-electron chi connectivity index (χ0n) is 18.8. The van der Waals surface area contributed by atoms with E-state index in [1.165, 1.54) is 10.4 Å². The van der Waals surface area contributed by atoms with Crippen molar-refractivity contribution in [1.29, 1.82) is 0 Å². The van der Waals surface area contributed by atoms with E-state index >= 15 is 0 Å². The van der Waals surface area contributed by atoms with Gasteiger partial charge in [0.05, 0.1) is 0 Å². The first-order valence-electron chi connectivity index (χ1n) is 10.5. The van der Waals surface area contributed by atoms with Crippen LogP contribution in [0.5, 0.6) is 0 Å². The van der Waals surface area contributed by atoms with E-state index in [2.05, 4.69) is 81.4 Å². The van der Waals surface area contributed by atoms with Gasteiger partial charge < -0.3 is 9.16 Å². The standard InChI is InChI=1S/C25H36O3Si/c1-24(2,3)28-23(26)19-13-14-20-27-29(25(4,5)6,21-15-9-7-10-16-21)22-17-11-8-12-18-22/h7-12,15-18H,13-14,19-20H2,1-6H3. The molecule has 0 saturated heterocycles. The fourth-order valence-corrected chi connectivity index (χ4v) is 8.36.